The van der Waals surface area contributed by atoms with E-state index in [0.29, 0.717) is 13.0 Å². The van der Waals surface area contributed by atoms with Crippen LogP contribution < -0.4 is 5.73 Å². The molecular formula is C11H16ClNO2S. The largest absolute Gasteiger partial charge is 0.330 e. The lowest BCUT2D eigenvalue weighted by atomic mass is 10.1. The van der Waals surface area contributed by atoms with Gasteiger partial charge >= 0.3 is 0 Å². The molecule has 0 saturated carbocycles. The number of benzene rings is 1. The number of nitrogens with two attached hydrogens (primary N) is 1. The molecule has 0 atom stereocenters. The van der Waals surface area contributed by atoms with Crippen LogP contribution in [0.2, 0.25) is 5.02 Å². The Kier molecular flexibility index (Phi) is 4.35. The summed E-state index contributed by atoms with van der Waals surface area (Å²) >= 11 is 5.97. The van der Waals surface area contributed by atoms with Gasteiger partial charge in [-0.1, -0.05) is 17.7 Å². The highest BCUT2D eigenvalue weighted by atomic mass is 35.5. The third kappa shape index (κ3) is 2.75. The smallest absolute Gasteiger partial charge is 0.182 e. The zero-order valence-corrected chi connectivity index (χ0v) is 11.0. The number of hydrogen-bond donors (Lipinski definition) is 1. The number of hydrogen-bond acceptors (Lipinski definition) is 3. The molecule has 0 saturated heterocycles. The van der Waals surface area contributed by atoms with Crippen LogP contribution in [-0.2, 0) is 16.3 Å². The van der Waals surface area contributed by atoms with Crippen molar-refractivity contribution in [3.8, 4) is 0 Å². The summed E-state index contributed by atoms with van der Waals surface area (Å²) in [5, 5.41) is -0.190. The lowest BCUT2D eigenvalue weighted by Crippen LogP contribution is -2.14. The van der Waals surface area contributed by atoms with Crippen molar-refractivity contribution in [1.82, 2.24) is 0 Å². The SMILES string of the molecule is CC(C)S(=O)(=O)c1ccc(CCN)cc1Cl. The lowest BCUT2D eigenvalue weighted by molar-refractivity contribution is 0.587. The molecule has 16 heavy (non-hydrogen) atoms. The van der Waals surface area contributed by atoms with Gasteiger partial charge in [0.15, 0.2) is 9.84 Å². The molecule has 0 radical (unpaired) electrons. The molecule has 0 amide bonds. The van der Waals surface area contributed by atoms with Gasteiger partial charge in [0.2, 0.25) is 0 Å². The maximum absolute atomic E-state index is 11.9. The summed E-state index contributed by atoms with van der Waals surface area (Å²) in [7, 11) is -3.30. The molecule has 1 rings (SSSR count). The minimum absolute atomic E-state index is 0.199. The van der Waals surface area contributed by atoms with E-state index in [-0.39, 0.29) is 9.92 Å². The van der Waals surface area contributed by atoms with Crippen molar-refractivity contribution in [3.63, 3.8) is 0 Å². The second-order valence-corrected chi connectivity index (χ2v) is 6.78. The fourth-order valence-electron chi connectivity index (χ4n) is 1.35. The summed E-state index contributed by atoms with van der Waals surface area (Å²) in [6, 6.07) is 4.99. The first-order valence-corrected chi connectivity index (χ1v) is 7.04. The van der Waals surface area contributed by atoms with Crippen LogP contribution in [-0.4, -0.2) is 20.2 Å². The fourth-order valence-corrected chi connectivity index (χ4v) is 2.97. The average Bonchev–Trinajstić information content (AvgIpc) is 2.17. The Balaban J connectivity index is 3.19. The summed E-state index contributed by atoms with van der Waals surface area (Å²) < 4.78 is 23.8. The van der Waals surface area contributed by atoms with E-state index in [9.17, 15) is 8.42 Å². The molecule has 0 heterocycles. The number of halogens is 1. The topological polar surface area (TPSA) is 60.2 Å². The Hall–Kier alpha value is -0.580. The first-order valence-electron chi connectivity index (χ1n) is 5.12. The highest BCUT2D eigenvalue weighted by molar-refractivity contribution is 7.92. The Labute approximate surface area is 102 Å². The third-order valence-electron chi connectivity index (χ3n) is 2.36. The third-order valence-corrected chi connectivity index (χ3v) is 4.99. The van der Waals surface area contributed by atoms with Crippen LogP contribution >= 0.6 is 11.6 Å². The van der Waals surface area contributed by atoms with Crippen LogP contribution in [0.15, 0.2) is 23.1 Å². The molecule has 3 nitrogen and oxygen atoms in total. The van der Waals surface area contributed by atoms with Crippen LogP contribution in [0, 0.1) is 0 Å². The minimum Gasteiger partial charge on any atom is -0.330 e. The van der Waals surface area contributed by atoms with Crippen LogP contribution in [0.4, 0.5) is 0 Å². The Morgan fingerprint density at radius 2 is 2.00 bits per heavy atom. The first-order chi connectivity index (χ1) is 7.39. The van der Waals surface area contributed by atoms with Crippen molar-refractivity contribution in [2.24, 2.45) is 5.73 Å². The van der Waals surface area contributed by atoms with E-state index in [4.69, 9.17) is 17.3 Å². The number of sulfone groups is 1. The molecule has 90 valence electrons. The van der Waals surface area contributed by atoms with E-state index in [0.717, 1.165) is 5.56 Å². The van der Waals surface area contributed by atoms with Crippen molar-refractivity contribution in [2.75, 3.05) is 6.54 Å². The van der Waals surface area contributed by atoms with Gasteiger partial charge in [-0.05, 0) is 44.5 Å². The van der Waals surface area contributed by atoms with E-state index < -0.39 is 15.1 Å². The van der Waals surface area contributed by atoms with Crippen LogP contribution in [0.3, 0.4) is 0 Å². The van der Waals surface area contributed by atoms with Crippen molar-refractivity contribution in [3.05, 3.63) is 28.8 Å². The highest BCUT2D eigenvalue weighted by Crippen LogP contribution is 2.26. The van der Waals surface area contributed by atoms with Crippen molar-refractivity contribution in [1.29, 1.82) is 0 Å². The normalized spacial score (nSPS) is 12.1. The highest BCUT2D eigenvalue weighted by Gasteiger charge is 2.21. The molecule has 0 aliphatic rings. The summed E-state index contributed by atoms with van der Waals surface area (Å²) in [5.74, 6) is 0. The Morgan fingerprint density at radius 3 is 2.44 bits per heavy atom. The summed E-state index contributed by atoms with van der Waals surface area (Å²) in [6.07, 6.45) is 0.696. The van der Waals surface area contributed by atoms with Crippen molar-refractivity contribution in [2.45, 2.75) is 30.4 Å². The monoisotopic (exact) mass is 261 g/mol. The van der Waals surface area contributed by atoms with Gasteiger partial charge < -0.3 is 5.73 Å². The summed E-state index contributed by atoms with van der Waals surface area (Å²) in [4.78, 5) is 0.199. The Bertz CT molecular complexity index is 469. The zero-order valence-electron chi connectivity index (χ0n) is 9.40. The molecule has 0 aliphatic heterocycles. The maximum Gasteiger partial charge on any atom is 0.182 e. The van der Waals surface area contributed by atoms with Gasteiger partial charge in [-0.2, -0.15) is 0 Å². The van der Waals surface area contributed by atoms with Gasteiger partial charge in [0.05, 0.1) is 15.2 Å². The van der Waals surface area contributed by atoms with E-state index in [1.165, 1.54) is 0 Å². The van der Waals surface area contributed by atoms with Crippen LogP contribution in [0.5, 0.6) is 0 Å². The molecule has 5 heteroatoms. The Morgan fingerprint density at radius 1 is 1.38 bits per heavy atom. The quantitative estimate of drug-likeness (QED) is 0.902. The van der Waals surface area contributed by atoms with Gasteiger partial charge in [-0.3, -0.25) is 0 Å². The second-order valence-electron chi connectivity index (χ2n) is 3.90. The van der Waals surface area contributed by atoms with E-state index >= 15 is 0 Å². The molecule has 1 aromatic carbocycles. The zero-order chi connectivity index (χ0) is 12.3. The summed E-state index contributed by atoms with van der Waals surface area (Å²) in [6.45, 7) is 3.80. The predicted molar refractivity (Wildman–Crippen MR) is 66.5 cm³/mol. The second kappa shape index (κ2) is 5.17. The molecule has 1 aromatic rings. The van der Waals surface area contributed by atoms with E-state index in [1.54, 1.807) is 32.0 Å². The maximum atomic E-state index is 11.9. The first kappa shape index (κ1) is 13.5. The molecule has 0 fully saturated rings. The van der Waals surface area contributed by atoms with Crippen LogP contribution in [0.25, 0.3) is 0 Å². The molecule has 0 aliphatic carbocycles. The van der Waals surface area contributed by atoms with E-state index in [1.807, 2.05) is 0 Å². The molecule has 0 aromatic heterocycles. The van der Waals surface area contributed by atoms with Gasteiger partial charge in [0, 0.05) is 0 Å². The predicted octanol–water partition coefficient (Wildman–Crippen LogP) is 2.02. The molecule has 0 unspecified atom stereocenters. The standard InChI is InChI=1S/C11H16ClNO2S/c1-8(2)16(14,15)11-4-3-9(5-6-13)7-10(11)12/h3-4,7-8H,5-6,13H2,1-2H3. The number of rotatable bonds is 4. The lowest BCUT2D eigenvalue weighted by Gasteiger charge is -2.10. The molecular weight excluding hydrogens is 246 g/mol. The van der Waals surface area contributed by atoms with Crippen LogP contribution in [0.1, 0.15) is 19.4 Å². The van der Waals surface area contributed by atoms with Crippen molar-refractivity contribution >= 4 is 21.4 Å². The van der Waals surface area contributed by atoms with Gasteiger partial charge in [-0.25, -0.2) is 8.42 Å². The molecule has 0 bridgehead atoms. The average molecular weight is 262 g/mol. The molecule has 0 spiro atoms. The van der Waals surface area contributed by atoms with Gasteiger partial charge in [0.1, 0.15) is 0 Å². The minimum atomic E-state index is -3.30. The van der Waals surface area contributed by atoms with E-state index in [2.05, 4.69) is 0 Å². The van der Waals surface area contributed by atoms with Crippen molar-refractivity contribution < 1.29 is 8.42 Å². The van der Waals surface area contributed by atoms with Gasteiger partial charge in [0.25, 0.3) is 0 Å². The van der Waals surface area contributed by atoms with Gasteiger partial charge in [-0.15, -0.1) is 0 Å². The molecule has 2 N–H and O–H groups in total. The summed E-state index contributed by atoms with van der Waals surface area (Å²) in [5.41, 5.74) is 6.38. The fraction of sp³-hybridized carbons (Fsp3) is 0.455.